The molecule has 1 amide bonds. The zero-order valence-corrected chi connectivity index (χ0v) is 9.17. The Bertz CT molecular complexity index is 353. The second-order valence-corrected chi connectivity index (χ2v) is 3.95. The second-order valence-electron chi connectivity index (χ2n) is 3.95. The highest BCUT2D eigenvalue weighted by Crippen LogP contribution is 2.15. The average Bonchev–Trinajstić information content (AvgIpc) is 2.55. The Morgan fingerprint density at radius 3 is 2.50 bits per heavy atom. The number of rotatable bonds is 1. The molecule has 1 fully saturated rings. The first-order valence-corrected chi connectivity index (χ1v) is 5.55. The van der Waals surface area contributed by atoms with Crippen molar-refractivity contribution in [3.63, 3.8) is 0 Å². The number of nitrogens with zero attached hydrogens (tertiary/aromatic N) is 2. The van der Waals surface area contributed by atoms with Gasteiger partial charge in [0.1, 0.15) is 0 Å². The maximum absolute atomic E-state index is 10.9. The number of carbonyl (C=O) groups is 1. The molecule has 16 heavy (non-hydrogen) atoms. The maximum atomic E-state index is 10.9. The van der Waals surface area contributed by atoms with Crippen LogP contribution < -0.4 is 4.90 Å². The fourth-order valence-corrected chi connectivity index (χ4v) is 2.01. The van der Waals surface area contributed by atoms with E-state index in [0.717, 1.165) is 19.5 Å². The predicted molar refractivity (Wildman–Crippen MR) is 62.9 cm³/mol. The Morgan fingerprint density at radius 1 is 1.06 bits per heavy atom. The first-order chi connectivity index (χ1) is 7.77. The molecule has 0 spiro atoms. The van der Waals surface area contributed by atoms with Crippen LogP contribution in [0.25, 0.3) is 0 Å². The first-order valence-electron chi connectivity index (χ1n) is 5.55. The molecule has 2 rings (SSSR count). The van der Waals surface area contributed by atoms with Gasteiger partial charge in [-0.05, 0) is 18.6 Å². The van der Waals surface area contributed by atoms with E-state index in [0.29, 0.717) is 13.1 Å². The quantitative estimate of drug-likeness (QED) is 0.785. The van der Waals surface area contributed by atoms with Crippen molar-refractivity contribution in [1.29, 1.82) is 0 Å². The summed E-state index contributed by atoms with van der Waals surface area (Å²) in [6, 6.07) is 10.1. The van der Waals surface area contributed by atoms with Gasteiger partial charge in [0, 0.05) is 31.9 Å². The number of para-hydroxylation sites is 1. The van der Waals surface area contributed by atoms with E-state index >= 15 is 0 Å². The number of amides is 1. The van der Waals surface area contributed by atoms with Gasteiger partial charge in [0.05, 0.1) is 0 Å². The largest absolute Gasteiger partial charge is 0.465 e. The Morgan fingerprint density at radius 2 is 1.81 bits per heavy atom. The molecule has 1 heterocycles. The van der Waals surface area contributed by atoms with Crippen molar-refractivity contribution in [3.8, 4) is 0 Å². The molecule has 1 aromatic carbocycles. The van der Waals surface area contributed by atoms with E-state index in [2.05, 4.69) is 17.0 Å². The Hall–Kier alpha value is -1.71. The molecule has 4 heteroatoms. The summed E-state index contributed by atoms with van der Waals surface area (Å²) in [5.41, 5.74) is 1.18. The van der Waals surface area contributed by atoms with Crippen molar-refractivity contribution in [3.05, 3.63) is 30.3 Å². The Labute approximate surface area is 95.1 Å². The summed E-state index contributed by atoms with van der Waals surface area (Å²) in [4.78, 5) is 14.6. The van der Waals surface area contributed by atoms with Gasteiger partial charge in [-0.15, -0.1) is 0 Å². The van der Waals surface area contributed by atoms with Gasteiger partial charge in [-0.25, -0.2) is 4.79 Å². The lowest BCUT2D eigenvalue weighted by molar-refractivity contribution is 0.148. The molecular formula is C12H16N2O2. The number of carboxylic acid groups (broad SMARTS) is 1. The highest BCUT2D eigenvalue weighted by atomic mass is 16.4. The van der Waals surface area contributed by atoms with Gasteiger partial charge in [-0.1, -0.05) is 18.2 Å². The van der Waals surface area contributed by atoms with E-state index in [-0.39, 0.29) is 0 Å². The molecule has 1 aliphatic rings. The normalized spacial score (nSPS) is 17.0. The third kappa shape index (κ3) is 2.45. The van der Waals surface area contributed by atoms with E-state index < -0.39 is 6.09 Å². The van der Waals surface area contributed by atoms with Crippen molar-refractivity contribution in [2.24, 2.45) is 0 Å². The van der Waals surface area contributed by atoms with Crippen molar-refractivity contribution >= 4 is 11.8 Å². The van der Waals surface area contributed by atoms with Crippen LogP contribution >= 0.6 is 0 Å². The van der Waals surface area contributed by atoms with Crippen LogP contribution in [0.4, 0.5) is 10.5 Å². The van der Waals surface area contributed by atoms with Gasteiger partial charge in [0.25, 0.3) is 0 Å². The molecule has 0 aliphatic carbocycles. The summed E-state index contributed by atoms with van der Waals surface area (Å²) in [7, 11) is 0. The van der Waals surface area contributed by atoms with E-state index in [4.69, 9.17) is 5.11 Å². The highest BCUT2D eigenvalue weighted by Gasteiger charge is 2.17. The smallest absolute Gasteiger partial charge is 0.407 e. The molecule has 1 saturated heterocycles. The first kappa shape index (κ1) is 10.8. The summed E-state index contributed by atoms with van der Waals surface area (Å²) < 4.78 is 0. The van der Waals surface area contributed by atoms with Crippen molar-refractivity contribution < 1.29 is 9.90 Å². The average molecular weight is 220 g/mol. The van der Waals surface area contributed by atoms with Crippen molar-refractivity contribution in [1.82, 2.24) is 4.90 Å². The van der Waals surface area contributed by atoms with Crippen molar-refractivity contribution in [2.45, 2.75) is 6.42 Å². The minimum absolute atomic E-state index is 0.588. The standard InChI is InChI=1S/C12H16N2O2/c15-12(16)14-8-4-7-13(9-10-14)11-5-2-1-3-6-11/h1-3,5-6H,4,7-10H2,(H,15,16). The SMILES string of the molecule is O=C(O)N1CCCN(c2ccccc2)CC1. The fraction of sp³-hybridized carbons (Fsp3) is 0.417. The molecule has 0 radical (unpaired) electrons. The van der Waals surface area contributed by atoms with Gasteiger partial charge in [-0.3, -0.25) is 0 Å². The van der Waals surface area contributed by atoms with Gasteiger partial charge in [-0.2, -0.15) is 0 Å². The molecule has 0 saturated carbocycles. The van der Waals surface area contributed by atoms with Crippen LogP contribution in [0.5, 0.6) is 0 Å². The third-order valence-corrected chi connectivity index (χ3v) is 2.89. The molecule has 0 atom stereocenters. The number of hydrogen-bond donors (Lipinski definition) is 1. The summed E-state index contributed by atoms with van der Waals surface area (Å²) in [5, 5.41) is 8.93. The van der Waals surface area contributed by atoms with Crippen LogP contribution in [0, 0.1) is 0 Å². The van der Waals surface area contributed by atoms with E-state index in [9.17, 15) is 4.79 Å². The van der Waals surface area contributed by atoms with Crippen LogP contribution in [-0.2, 0) is 0 Å². The molecule has 0 aromatic heterocycles. The number of hydrogen-bond acceptors (Lipinski definition) is 2. The molecule has 0 unspecified atom stereocenters. The number of anilines is 1. The second kappa shape index (κ2) is 4.88. The lowest BCUT2D eigenvalue weighted by Crippen LogP contribution is -2.34. The van der Waals surface area contributed by atoms with Crippen LogP contribution in [0.1, 0.15) is 6.42 Å². The highest BCUT2D eigenvalue weighted by molar-refractivity contribution is 5.65. The maximum Gasteiger partial charge on any atom is 0.407 e. The lowest BCUT2D eigenvalue weighted by Gasteiger charge is -2.22. The summed E-state index contributed by atoms with van der Waals surface area (Å²) in [6.07, 6.45) is 0.0798. The number of benzene rings is 1. The molecule has 0 bridgehead atoms. The van der Waals surface area contributed by atoms with Crippen LogP contribution in [0.3, 0.4) is 0 Å². The fourth-order valence-electron chi connectivity index (χ4n) is 2.01. The Balaban J connectivity index is 2.02. The van der Waals surface area contributed by atoms with E-state index in [1.54, 1.807) is 0 Å². The van der Waals surface area contributed by atoms with Gasteiger partial charge in [0.2, 0.25) is 0 Å². The zero-order chi connectivity index (χ0) is 11.4. The van der Waals surface area contributed by atoms with Crippen LogP contribution in [-0.4, -0.2) is 42.3 Å². The lowest BCUT2D eigenvalue weighted by atomic mass is 10.3. The molecule has 1 aromatic rings. The minimum atomic E-state index is -0.810. The molecule has 86 valence electrons. The molecule has 1 N–H and O–H groups in total. The zero-order valence-electron chi connectivity index (χ0n) is 9.17. The summed E-state index contributed by atoms with van der Waals surface area (Å²) in [6.45, 7) is 2.92. The van der Waals surface area contributed by atoms with E-state index in [1.807, 2.05) is 18.2 Å². The monoisotopic (exact) mass is 220 g/mol. The van der Waals surface area contributed by atoms with Gasteiger partial charge >= 0.3 is 6.09 Å². The molecule has 1 aliphatic heterocycles. The topological polar surface area (TPSA) is 43.8 Å². The molecule has 4 nitrogen and oxygen atoms in total. The summed E-state index contributed by atoms with van der Waals surface area (Å²) >= 11 is 0. The van der Waals surface area contributed by atoms with Gasteiger partial charge in [0.15, 0.2) is 0 Å². The van der Waals surface area contributed by atoms with Crippen molar-refractivity contribution in [2.75, 3.05) is 31.1 Å². The van der Waals surface area contributed by atoms with E-state index in [1.165, 1.54) is 10.6 Å². The van der Waals surface area contributed by atoms with Crippen LogP contribution in [0.15, 0.2) is 30.3 Å². The Kier molecular flexibility index (Phi) is 3.29. The minimum Gasteiger partial charge on any atom is -0.465 e. The van der Waals surface area contributed by atoms with Crippen LogP contribution in [0.2, 0.25) is 0 Å². The van der Waals surface area contributed by atoms with Gasteiger partial charge < -0.3 is 14.9 Å². The summed E-state index contributed by atoms with van der Waals surface area (Å²) in [5.74, 6) is 0. The molecular weight excluding hydrogens is 204 g/mol. The third-order valence-electron chi connectivity index (χ3n) is 2.89. The predicted octanol–water partition coefficient (Wildman–Crippen LogP) is 1.88.